The average Bonchev–Trinajstić information content (AvgIpc) is 3.39. The third-order valence-electron chi connectivity index (χ3n) is 6.86. The van der Waals surface area contributed by atoms with E-state index in [1.807, 2.05) is 6.92 Å². The van der Waals surface area contributed by atoms with E-state index in [9.17, 15) is 19.2 Å². The maximum Gasteiger partial charge on any atom is 0.276 e. The number of nitrogens with two attached hydrogens (primary N) is 1. The van der Waals surface area contributed by atoms with Crippen molar-refractivity contribution < 1.29 is 19.2 Å². The molecule has 1 fully saturated rings. The van der Waals surface area contributed by atoms with Gasteiger partial charge in [-0.3, -0.25) is 24.1 Å². The number of anilines is 1. The number of halogens is 2. The quantitative estimate of drug-likeness (QED) is 0.637. The Morgan fingerprint density at radius 3 is 2.44 bits per heavy atom. The second kappa shape index (κ2) is 7.68. The van der Waals surface area contributed by atoms with E-state index >= 15 is 0 Å². The molecule has 1 saturated carbocycles. The topological polar surface area (TPSA) is 110 Å². The number of carbonyl (C=O) groups excluding carboxylic acids is 4. The van der Waals surface area contributed by atoms with Crippen LogP contribution >= 0.6 is 23.2 Å². The lowest BCUT2D eigenvalue weighted by atomic mass is 9.77. The summed E-state index contributed by atoms with van der Waals surface area (Å²) in [7, 11) is 0. The first-order valence-corrected chi connectivity index (χ1v) is 11.6. The number of amides is 2. The summed E-state index contributed by atoms with van der Waals surface area (Å²) in [5, 5.41) is 3.58. The fourth-order valence-corrected chi connectivity index (χ4v) is 5.33. The Kier molecular flexibility index (Phi) is 5.11. The molecule has 1 unspecified atom stereocenters. The average molecular weight is 498 g/mol. The number of fused-ring (bicyclic) bond motifs is 2. The molecule has 1 atom stereocenters. The van der Waals surface area contributed by atoms with E-state index in [4.69, 9.17) is 28.9 Å². The third-order valence-corrected chi connectivity index (χ3v) is 7.33. The maximum absolute atomic E-state index is 14.0. The van der Waals surface area contributed by atoms with Crippen molar-refractivity contribution in [1.82, 2.24) is 5.32 Å². The fourth-order valence-electron chi connectivity index (χ4n) is 4.96. The van der Waals surface area contributed by atoms with Crippen molar-refractivity contribution in [3.8, 4) is 0 Å². The van der Waals surface area contributed by atoms with E-state index < -0.39 is 22.8 Å². The van der Waals surface area contributed by atoms with Gasteiger partial charge in [0.15, 0.2) is 17.1 Å². The number of ketones is 2. The van der Waals surface area contributed by atoms with Crippen LogP contribution in [0, 0.1) is 5.41 Å². The minimum atomic E-state index is -1.70. The molecule has 174 valence electrons. The summed E-state index contributed by atoms with van der Waals surface area (Å²) >= 11 is 12.5. The van der Waals surface area contributed by atoms with Crippen LogP contribution in [0.25, 0.3) is 0 Å². The van der Waals surface area contributed by atoms with Crippen LogP contribution in [0.2, 0.25) is 10.0 Å². The summed E-state index contributed by atoms with van der Waals surface area (Å²) in [6.07, 6.45) is 1.28. The smallest absolute Gasteiger partial charge is 0.276 e. The van der Waals surface area contributed by atoms with Gasteiger partial charge in [-0.15, -0.1) is 0 Å². The number of Topliss-reactive ketones (excluding diaryl/α,β-unsaturated/α-hetero) is 2. The molecule has 1 spiro atoms. The predicted octanol–water partition coefficient (Wildman–Crippen LogP) is 3.06. The number of hydrogen-bond acceptors (Lipinski definition) is 5. The first-order valence-electron chi connectivity index (χ1n) is 10.8. The van der Waals surface area contributed by atoms with Gasteiger partial charge in [0.1, 0.15) is 5.70 Å². The Hall–Kier alpha value is -3.16. The first kappa shape index (κ1) is 22.6. The Morgan fingerprint density at radius 2 is 1.79 bits per heavy atom. The van der Waals surface area contributed by atoms with Crippen LogP contribution in [0.15, 0.2) is 53.7 Å². The standard InChI is InChI=1S/C25H21Cl2N3O4/c1-24(7-8-24)22(33)20-21(29-12-19(28)32)23(34)30(16-4-2-3-14(26)11-16)25(20)17-6-5-15(27)9-13(17)10-18(25)31/h2-6,9,11,29H,7-8,10,12H2,1H3,(H2,28,32). The van der Waals surface area contributed by atoms with Crippen molar-refractivity contribution in [3.05, 3.63) is 74.9 Å². The fraction of sp³-hybridized carbons (Fsp3) is 0.280. The minimum absolute atomic E-state index is 0.00314. The molecule has 7 nitrogen and oxygen atoms in total. The maximum atomic E-state index is 14.0. The Morgan fingerprint density at radius 1 is 1.09 bits per heavy atom. The Bertz CT molecular complexity index is 1330. The molecule has 1 aliphatic heterocycles. The van der Waals surface area contributed by atoms with Gasteiger partial charge in [-0.25, -0.2) is 0 Å². The molecule has 0 aromatic heterocycles. The summed E-state index contributed by atoms with van der Waals surface area (Å²) in [6, 6.07) is 11.5. The summed E-state index contributed by atoms with van der Waals surface area (Å²) in [4.78, 5) is 54.8. The van der Waals surface area contributed by atoms with Gasteiger partial charge in [0.05, 0.1) is 12.1 Å². The molecule has 5 rings (SSSR count). The van der Waals surface area contributed by atoms with E-state index in [2.05, 4.69) is 5.32 Å². The summed E-state index contributed by atoms with van der Waals surface area (Å²) < 4.78 is 0. The second-order valence-corrected chi connectivity index (χ2v) is 10.1. The zero-order valence-electron chi connectivity index (χ0n) is 18.3. The van der Waals surface area contributed by atoms with Crippen molar-refractivity contribution in [1.29, 1.82) is 0 Å². The van der Waals surface area contributed by atoms with E-state index in [1.54, 1.807) is 42.5 Å². The molecule has 34 heavy (non-hydrogen) atoms. The highest BCUT2D eigenvalue weighted by atomic mass is 35.5. The van der Waals surface area contributed by atoms with Crippen LogP contribution in [0.4, 0.5) is 5.69 Å². The molecule has 2 aromatic rings. The highest BCUT2D eigenvalue weighted by Gasteiger charge is 2.65. The number of nitrogens with one attached hydrogen (secondary N) is 1. The van der Waals surface area contributed by atoms with Crippen LogP contribution in [-0.4, -0.2) is 29.9 Å². The molecule has 1 heterocycles. The lowest BCUT2D eigenvalue weighted by Gasteiger charge is -2.37. The Labute approximate surface area is 205 Å². The van der Waals surface area contributed by atoms with Gasteiger partial charge < -0.3 is 11.1 Å². The number of hydrogen-bond donors (Lipinski definition) is 2. The SMILES string of the molecule is CC1(C(=O)C2=C(NCC(N)=O)C(=O)N(c3cccc(Cl)c3)C23C(=O)Cc2cc(Cl)ccc23)CC1. The van der Waals surface area contributed by atoms with Crippen molar-refractivity contribution >= 4 is 52.3 Å². The number of carbonyl (C=O) groups is 4. The van der Waals surface area contributed by atoms with E-state index in [0.29, 0.717) is 39.7 Å². The lowest BCUT2D eigenvalue weighted by molar-refractivity contribution is -0.126. The van der Waals surface area contributed by atoms with Crippen molar-refractivity contribution in [2.45, 2.75) is 31.7 Å². The molecule has 9 heteroatoms. The van der Waals surface area contributed by atoms with Crippen LogP contribution in [0.5, 0.6) is 0 Å². The Balaban J connectivity index is 1.84. The molecular weight excluding hydrogens is 477 g/mol. The monoisotopic (exact) mass is 497 g/mol. The van der Waals surface area contributed by atoms with Crippen LogP contribution in [0.1, 0.15) is 30.9 Å². The number of benzene rings is 2. The van der Waals surface area contributed by atoms with Gasteiger partial charge in [0.2, 0.25) is 5.91 Å². The zero-order chi connectivity index (χ0) is 24.4. The molecule has 3 N–H and O–H groups in total. The molecule has 2 aliphatic carbocycles. The van der Waals surface area contributed by atoms with Crippen LogP contribution in [-0.2, 0) is 31.1 Å². The van der Waals surface area contributed by atoms with Gasteiger partial charge in [-0.1, -0.05) is 42.3 Å². The highest BCUT2D eigenvalue weighted by Crippen LogP contribution is 2.57. The molecule has 2 aromatic carbocycles. The summed E-state index contributed by atoms with van der Waals surface area (Å²) in [5.41, 5.74) is 4.40. The van der Waals surface area contributed by atoms with Crippen molar-refractivity contribution in [3.63, 3.8) is 0 Å². The molecule has 3 aliphatic rings. The lowest BCUT2D eigenvalue weighted by Crippen LogP contribution is -2.52. The minimum Gasteiger partial charge on any atom is -0.371 e. The first-order chi connectivity index (χ1) is 16.1. The van der Waals surface area contributed by atoms with E-state index in [1.165, 1.54) is 4.90 Å². The highest BCUT2D eigenvalue weighted by molar-refractivity contribution is 6.32. The van der Waals surface area contributed by atoms with Crippen molar-refractivity contribution in [2.75, 3.05) is 11.4 Å². The number of nitrogens with zero attached hydrogens (tertiary/aromatic N) is 1. The van der Waals surface area contributed by atoms with E-state index in [0.717, 1.165) is 0 Å². The van der Waals surface area contributed by atoms with Gasteiger partial charge in [-0.05, 0) is 54.3 Å². The van der Waals surface area contributed by atoms with Gasteiger partial charge >= 0.3 is 0 Å². The van der Waals surface area contributed by atoms with Gasteiger partial charge in [0.25, 0.3) is 5.91 Å². The number of rotatable bonds is 6. The molecule has 0 radical (unpaired) electrons. The molecule has 2 amide bonds. The summed E-state index contributed by atoms with van der Waals surface area (Å²) in [6.45, 7) is 1.45. The van der Waals surface area contributed by atoms with Crippen LogP contribution in [0.3, 0.4) is 0 Å². The predicted molar refractivity (Wildman–Crippen MR) is 127 cm³/mol. The van der Waals surface area contributed by atoms with Crippen molar-refractivity contribution in [2.24, 2.45) is 11.1 Å². The largest absolute Gasteiger partial charge is 0.371 e. The zero-order valence-corrected chi connectivity index (χ0v) is 19.8. The summed E-state index contributed by atoms with van der Waals surface area (Å²) in [5.74, 6) is -1.94. The van der Waals surface area contributed by atoms with Gasteiger partial charge in [-0.2, -0.15) is 0 Å². The van der Waals surface area contributed by atoms with Crippen LogP contribution < -0.4 is 16.0 Å². The molecule has 0 saturated heterocycles. The molecular formula is C25H21Cl2N3O4. The van der Waals surface area contributed by atoms with Gasteiger partial charge in [0, 0.05) is 27.6 Å². The molecule has 0 bridgehead atoms. The third kappa shape index (κ3) is 3.18. The second-order valence-electron chi connectivity index (χ2n) is 9.19. The normalized spacial score (nSPS) is 22.4. The van der Waals surface area contributed by atoms with E-state index in [-0.39, 0.29) is 35.8 Å². The number of primary amides is 1.